The Labute approximate surface area is 414 Å². The summed E-state index contributed by atoms with van der Waals surface area (Å²) in [7, 11) is 0. The van der Waals surface area contributed by atoms with Gasteiger partial charge >= 0.3 is 0 Å². The minimum atomic E-state index is 0.866. The maximum absolute atomic E-state index is 5.39. The lowest BCUT2D eigenvalue weighted by atomic mass is 9.98. The van der Waals surface area contributed by atoms with Crippen molar-refractivity contribution in [2.24, 2.45) is 0 Å². The Morgan fingerprint density at radius 2 is 0.569 bits per heavy atom. The number of imidazole rings is 1. The fourth-order valence-corrected chi connectivity index (χ4v) is 11.5. The molecule has 0 atom stereocenters. The second-order valence-corrected chi connectivity index (χ2v) is 18.7. The summed E-state index contributed by atoms with van der Waals surface area (Å²) in [5.41, 5.74) is 18.2. The van der Waals surface area contributed by atoms with Gasteiger partial charge in [-0.1, -0.05) is 140 Å². The summed E-state index contributed by atoms with van der Waals surface area (Å²) in [6.45, 7) is 0. The van der Waals surface area contributed by atoms with Crippen molar-refractivity contribution in [3.63, 3.8) is 0 Å². The van der Waals surface area contributed by atoms with E-state index in [0.29, 0.717) is 0 Å². The highest BCUT2D eigenvalue weighted by Crippen LogP contribution is 2.41. The fraction of sp³-hybridized carbons (Fsp3) is 0. The number of fused-ring (bicyclic) bond motifs is 10. The molecule has 15 aromatic rings. The Hall–Kier alpha value is -9.78. The van der Waals surface area contributed by atoms with Gasteiger partial charge in [-0.15, -0.1) is 0 Å². The molecule has 6 heteroatoms. The van der Waals surface area contributed by atoms with E-state index in [1.54, 1.807) is 0 Å². The van der Waals surface area contributed by atoms with E-state index in [0.717, 1.165) is 101 Å². The van der Waals surface area contributed by atoms with E-state index in [4.69, 9.17) is 9.97 Å². The zero-order valence-electron chi connectivity index (χ0n) is 38.9. The SMILES string of the molecule is c1ccc(-n2c(-c3cc(-c4cncc(-c5cc(-n6c7ccccc7c7ccccc76)cc(-n6c7ccccc7c7ccccc76)c5)c4)cc(-n4c5ccccc5c5ccccc54)c3)nc3ccccc32)cc1. The standard InChI is InChI=1S/C66H42N6/c1-2-18-48(19-3-1)72-65-33-17-10-26-58(65)68-66(72)45-34-43(36-49(39-45)69-59-27-11-4-20-52(59)53-21-5-12-28-60(53)69)46-35-47(42-67-41-46)44-37-50(70-61-29-13-6-22-54(61)55-23-7-14-30-62(55)70)40-51(38-44)71-63-31-15-8-24-56(63)57-25-9-16-32-64(57)71/h1-42H. The summed E-state index contributed by atoms with van der Waals surface area (Å²) in [4.78, 5) is 10.5. The highest BCUT2D eigenvalue weighted by molar-refractivity contribution is 6.12. The predicted octanol–water partition coefficient (Wildman–Crippen LogP) is 16.7. The summed E-state index contributed by atoms with van der Waals surface area (Å²) in [5, 5.41) is 7.31. The molecule has 0 saturated carbocycles. The molecule has 0 N–H and O–H groups in total. The molecule has 5 aromatic heterocycles. The first-order chi connectivity index (χ1) is 35.7. The summed E-state index contributed by atoms with van der Waals surface area (Å²) < 4.78 is 9.53. The summed E-state index contributed by atoms with van der Waals surface area (Å²) in [6, 6.07) is 87.6. The zero-order chi connectivity index (χ0) is 47.3. The van der Waals surface area contributed by atoms with Crippen LogP contribution in [0.3, 0.4) is 0 Å². The van der Waals surface area contributed by atoms with Gasteiger partial charge in [0.1, 0.15) is 5.82 Å². The zero-order valence-corrected chi connectivity index (χ0v) is 38.9. The van der Waals surface area contributed by atoms with Gasteiger partial charge < -0.3 is 13.7 Å². The molecule has 0 radical (unpaired) electrons. The van der Waals surface area contributed by atoms with E-state index < -0.39 is 0 Å². The summed E-state index contributed by atoms with van der Waals surface area (Å²) in [6.07, 6.45) is 4.01. The lowest BCUT2D eigenvalue weighted by Gasteiger charge is -2.17. The maximum Gasteiger partial charge on any atom is 0.145 e. The van der Waals surface area contributed by atoms with Gasteiger partial charge in [0, 0.05) is 84.2 Å². The maximum atomic E-state index is 5.39. The molecular formula is C66H42N6. The van der Waals surface area contributed by atoms with Crippen molar-refractivity contribution in [1.82, 2.24) is 28.2 Å². The Kier molecular flexibility index (Phi) is 8.86. The highest BCUT2D eigenvalue weighted by Gasteiger charge is 2.21. The molecule has 0 bridgehead atoms. The van der Waals surface area contributed by atoms with Crippen molar-refractivity contribution in [2.75, 3.05) is 0 Å². The molecule has 10 aromatic carbocycles. The number of aromatic nitrogens is 6. The third kappa shape index (κ3) is 6.16. The van der Waals surface area contributed by atoms with E-state index in [9.17, 15) is 0 Å². The first kappa shape index (κ1) is 40.1. The van der Waals surface area contributed by atoms with Crippen molar-refractivity contribution in [3.05, 3.63) is 255 Å². The highest BCUT2D eigenvalue weighted by atomic mass is 15.1. The van der Waals surface area contributed by atoms with Gasteiger partial charge in [0.05, 0.1) is 44.1 Å². The molecule has 15 rings (SSSR count). The minimum absolute atomic E-state index is 0.866. The topological polar surface area (TPSA) is 45.5 Å². The molecule has 0 aliphatic rings. The lowest BCUT2D eigenvalue weighted by molar-refractivity contribution is 1.10. The van der Waals surface area contributed by atoms with Gasteiger partial charge in [0.15, 0.2) is 0 Å². The molecule has 0 unspecified atom stereocenters. The Morgan fingerprint density at radius 3 is 1.01 bits per heavy atom. The molecule has 6 nitrogen and oxygen atoms in total. The van der Waals surface area contributed by atoms with Gasteiger partial charge in [-0.2, -0.15) is 0 Å². The first-order valence-electron chi connectivity index (χ1n) is 24.5. The summed E-state index contributed by atoms with van der Waals surface area (Å²) >= 11 is 0. The van der Waals surface area contributed by atoms with E-state index in [2.05, 4.69) is 261 Å². The Bertz CT molecular complexity index is 4350. The smallest absolute Gasteiger partial charge is 0.145 e. The van der Waals surface area contributed by atoms with Crippen LogP contribution in [0, 0.1) is 0 Å². The van der Waals surface area contributed by atoms with Crippen molar-refractivity contribution in [1.29, 1.82) is 0 Å². The average molecular weight is 919 g/mol. The van der Waals surface area contributed by atoms with Crippen molar-refractivity contribution < 1.29 is 0 Å². The van der Waals surface area contributed by atoms with E-state index in [1.165, 1.54) is 32.3 Å². The third-order valence-electron chi connectivity index (χ3n) is 14.6. The second-order valence-electron chi connectivity index (χ2n) is 18.7. The molecule has 0 amide bonds. The second kappa shape index (κ2) is 15.9. The van der Waals surface area contributed by atoms with Crippen LogP contribution in [-0.2, 0) is 0 Å². The molecule has 0 aliphatic carbocycles. The number of benzene rings is 10. The van der Waals surface area contributed by atoms with Crippen LogP contribution in [0.4, 0.5) is 0 Å². The van der Waals surface area contributed by atoms with Crippen LogP contribution in [-0.4, -0.2) is 28.2 Å². The largest absolute Gasteiger partial charge is 0.309 e. The molecule has 0 fully saturated rings. The number of rotatable bonds is 7. The van der Waals surface area contributed by atoms with Crippen molar-refractivity contribution >= 4 is 76.5 Å². The van der Waals surface area contributed by atoms with Gasteiger partial charge in [-0.3, -0.25) is 9.55 Å². The number of hydrogen-bond donors (Lipinski definition) is 0. The number of pyridine rings is 1. The molecule has 0 saturated heterocycles. The third-order valence-corrected chi connectivity index (χ3v) is 14.6. The van der Waals surface area contributed by atoms with Gasteiger partial charge in [0.25, 0.3) is 0 Å². The fourth-order valence-electron chi connectivity index (χ4n) is 11.5. The van der Waals surface area contributed by atoms with Gasteiger partial charge in [0.2, 0.25) is 0 Å². The van der Waals surface area contributed by atoms with Crippen LogP contribution in [0.1, 0.15) is 0 Å². The van der Waals surface area contributed by atoms with E-state index in [-0.39, 0.29) is 0 Å². The number of nitrogens with zero attached hydrogens (tertiary/aromatic N) is 6. The van der Waals surface area contributed by atoms with Crippen LogP contribution in [0.25, 0.3) is 133 Å². The average Bonchev–Trinajstić information content (AvgIpc) is 4.20. The quantitative estimate of drug-likeness (QED) is 0.160. The molecule has 336 valence electrons. The summed E-state index contributed by atoms with van der Waals surface area (Å²) in [5.74, 6) is 0.866. The molecule has 72 heavy (non-hydrogen) atoms. The number of hydrogen-bond acceptors (Lipinski definition) is 2. The van der Waals surface area contributed by atoms with Crippen molar-refractivity contribution in [2.45, 2.75) is 0 Å². The molecule has 5 heterocycles. The minimum Gasteiger partial charge on any atom is -0.309 e. The van der Waals surface area contributed by atoms with Crippen LogP contribution in [0.2, 0.25) is 0 Å². The predicted molar refractivity (Wildman–Crippen MR) is 298 cm³/mol. The van der Waals surface area contributed by atoms with Crippen LogP contribution in [0.5, 0.6) is 0 Å². The van der Waals surface area contributed by atoms with Gasteiger partial charge in [-0.05, 0) is 114 Å². The van der Waals surface area contributed by atoms with Crippen molar-refractivity contribution in [3.8, 4) is 56.4 Å². The Balaban J connectivity index is 0.987. The first-order valence-corrected chi connectivity index (χ1v) is 24.5. The Morgan fingerprint density at radius 1 is 0.236 bits per heavy atom. The van der Waals surface area contributed by atoms with E-state index in [1.807, 2.05) is 12.4 Å². The molecule has 0 spiro atoms. The number of para-hydroxylation sites is 9. The molecule has 0 aliphatic heterocycles. The molecular weight excluding hydrogens is 877 g/mol. The van der Waals surface area contributed by atoms with E-state index >= 15 is 0 Å². The van der Waals surface area contributed by atoms with Crippen LogP contribution < -0.4 is 0 Å². The van der Waals surface area contributed by atoms with Gasteiger partial charge in [-0.25, -0.2) is 4.98 Å². The lowest BCUT2D eigenvalue weighted by Crippen LogP contribution is -2.01. The van der Waals surface area contributed by atoms with Crippen LogP contribution in [0.15, 0.2) is 255 Å². The van der Waals surface area contributed by atoms with Crippen LogP contribution >= 0.6 is 0 Å². The normalized spacial score (nSPS) is 11.9. The monoisotopic (exact) mass is 918 g/mol.